The molecule has 0 N–H and O–H groups in total. The zero-order valence-electron chi connectivity index (χ0n) is 64.0. The summed E-state index contributed by atoms with van der Waals surface area (Å²) in [6.45, 7) is 76.7. The second-order valence-corrected chi connectivity index (χ2v) is 30.5. The van der Waals surface area contributed by atoms with Crippen molar-refractivity contribution in [3.05, 3.63) is 129 Å². The van der Waals surface area contributed by atoms with Gasteiger partial charge in [0.05, 0.1) is 0 Å². The molecule has 0 nitrogen and oxygen atoms in total. The van der Waals surface area contributed by atoms with Crippen molar-refractivity contribution >= 4 is 27.5 Å². The highest BCUT2D eigenvalue weighted by molar-refractivity contribution is 9.11. The van der Waals surface area contributed by atoms with Gasteiger partial charge in [0.15, 0.2) is 0 Å². The maximum atomic E-state index is 12.8. The van der Waals surface area contributed by atoms with Crippen LogP contribution in [-0.4, -0.2) is 0 Å². The van der Waals surface area contributed by atoms with Gasteiger partial charge in [-0.2, -0.15) is 0 Å². The Morgan fingerprint density at radius 2 is 0.671 bits per heavy atom. The van der Waals surface area contributed by atoms with Gasteiger partial charge >= 0.3 is 0 Å². The number of allylic oxidation sites excluding steroid dienone is 22. The zero-order chi connectivity index (χ0) is 68.4. The number of hydrogen-bond donors (Lipinski definition) is 0. The first-order chi connectivity index (χ1) is 39.0. The van der Waals surface area contributed by atoms with E-state index in [1.54, 1.807) is 6.08 Å². The van der Waals surface area contributed by atoms with Crippen LogP contribution >= 0.6 is 27.5 Å². The number of rotatable bonds is 28. The molecule has 0 radical (unpaired) electrons. The van der Waals surface area contributed by atoms with Crippen molar-refractivity contribution in [2.24, 2.45) is 94.7 Å². The minimum absolute atomic E-state index is 0.00631. The van der Waals surface area contributed by atoms with E-state index in [0.29, 0.717) is 53.3 Å². The van der Waals surface area contributed by atoms with Crippen LogP contribution in [0.3, 0.4) is 0 Å². The van der Waals surface area contributed by atoms with Crippen molar-refractivity contribution in [3.63, 3.8) is 0 Å². The molecule has 0 bridgehead atoms. The molecule has 85 heavy (non-hydrogen) atoms. The summed E-state index contributed by atoms with van der Waals surface area (Å²) in [5.41, 5.74) is 4.50. The van der Waals surface area contributed by atoms with E-state index in [2.05, 4.69) is 311 Å². The standard InChI is InChI=1S/C12H22.C11H20.C10H17Br.C10H17Cl.C10H17F.C10H20.C10H22.C9H20/c1-6-12(11(4)5)9-7-8-10(2)3;1-9(2)7-6-8-11(5)10(3)4;3*1-8(2)6-5-7-10(11)9(3)4;1-8(2)6-7-10(5)9(3)4;1-9(2)7-5-6-8-10(3)4;1-8(2)6-5-7-9(3)4/h7-11H,6H2,1-5H3;6-10H,1-5H3;3*5-9H,1-4H3;7-9H,6H2,1-5H3;9-10H,5-8H2,1-4H3;8-9H,5-7H2,1-4H3/b8-7-,12-9-;7-6-,11-8-;3*6-5-,10-7+;10-7-;;. The van der Waals surface area contributed by atoms with Crippen LogP contribution < -0.4 is 0 Å². The molecule has 0 aliphatic heterocycles. The minimum Gasteiger partial charge on any atom is -0.212 e. The van der Waals surface area contributed by atoms with Crippen LogP contribution in [0.2, 0.25) is 0 Å². The second-order valence-electron chi connectivity index (χ2n) is 29.1. The third kappa shape index (κ3) is 101. The number of halogens is 3. The van der Waals surface area contributed by atoms with Crippen molar-refractivity contribution in [1.29, 1.82) is 0 Å². The lowest BCUT2D eigenvalue weighted by molar-refractivity contribution is 0.480. The molecule has 0 fully saturated rings. The third-order valence-electron chi connectivity index (χ3n) is 12.8. The maximum Gasteiger partial charge on any atom is 0.102 e. The molecule has 504 valence electrons. The van der Waals surface area contributed by atoms with Crippen molar-refractivity contribution in [2.45, 2.75) is 300 Å². The SMILES string of the molecule is C/C(=C/C=C\C(C)C)C(C)C.C/C(=C/CC(C)C)C(C)C.CC(C)/C=C\C=C(\Br)C(C)C.CC(C)/C=C\C=C(\Cl)C(C)C.CC(C)/C=C\C=C(\F)C(C)C.CC(C)CCCC(C)C.CC(C)CCCCC(C)C.CC/C(=C/C=C\C(C)C)C(C)C. The number of hydrogen-bond acceptors (Lipinski definition) is 0. The lowest BCUT2D eigenvalue weighted by atomic mass is 10.0. The molecule has 3 heteroatoms. The first-order valence-corrected chi connectivity index (χ1v) is 35.7. The third-order valence-corrected chi connectivity index (χ3v) is 14.6. The topological polar surface area (TPSA) is 0 Å². The van der Waals surface area contributed by atoms with E-state index < -0.39 is 0 Å². The Morgan fingerprint density at radius 3 is 0.941 bits per heavy atom. The molecule has 0 aliphatic carbocycles. The van der Waals surface area contributed by atoms with Gasteiger partial charge in [-0.1, -0.05) is 403 Å². The van der Waals surface area contributed by atoms with E-state index >= 15 is 0 Å². The van der Waals surface area contributed by atoms with Crippen LogP contribution in [0.4, 0.5) is 4.39 Å². The fourth-order valence-electron chi connectivity index (χ4n) is 6.13. The summed E-state index contributed by atoms with van der Waals surface area (Å²) in [4.78, 5) is 0. The fraction of sp³-hybridized carbons (Fsp3) is 0.732. The monoisotopic (exact) mass is 1270 g/mol. The van der Waals surface area contributed by atoms with Crippen molar-refractivity contribution in [2.75, 3.05) is 0 Å². The molecule has 0 saturated heterocycles. The first kappa shape index (κ1) is 99.1. The van der Waals surface area contributed by atoms with E-state index in [1.165, 1.54) is 85.1 Å². The average Bonchev–Trinajstić information content (AvgIpc) is 3.36. The van der Waals surface area contributed by atoms with Gasteiger partial charge in [-0.05, 0) is 132 Å². The Balaban J connectivity index is -0.000000133. The molecule has 0 aromatic carbocycles. The fourth-order valence-corrected chi connectivity index (χ4v) is 6.35. The van der Waals surface area contributed by atoms with Crippen LogP contribution in [0.5, 0.6) is 0 Å². The highest BCUT2D eigenvalue weighted by Gasteiger charge is 2.01. The Hall–Kier alpha value is -2.16. The summed E-state index contributed by atoms with van der Waals surface area (Å²) < 4.78 is 14.0. The Morgan fingerprint density at radius 1 is 0.353 bits per heavy atom. The molecule has 0 unspecified atom stereocenters. The first-order valence-electron chi connectivity index (χ1n) is 34.5. The van der Waals surface area contributed by atoms with Gasteiger partial charge in [-0.25, -0.2) is 4.39 Å². The molecule has 0 aromatic heterocycles. The van der Waals surface area contributed by atoms with Gasteiger partial charge in [0, 0.05) is 11.0 Å². The molecule has 0 amide bonds. The Labute approximate surface area is 552 Å². The quantitative estimate of drug-likeness (QED) is 0.0416. The van der Waals surface area contributed by atoms with Gasteiger partial charge in [0.25, 0.3) is 0 Å². The molecular weight excluding hydrogens is 1120 g/mol. The molecule has 0 atom stereocenters. The zero-order valence-corrected chi connectivity index (χ0v) is 66.3. The van der Waals surface area contributed by atoms with Gasteiger partial charge < -0.3 is 0 Å². The van der Waals surface area contributed by atoms with E-state index in [4.69, 9.17) is 11.6 Å². The molecule has 0 rings (SSSR count). The predicted octanol–water partition coefficient (Wildman–Crippen LogP) is 30.8. The van der Waals surface area contributed by atoms with Crippen molar-refractivity contribution in [3.8, 4) is 0 Å². The van der Waals surface area contributed by atoms with Crippen LogP contribution in [0, 0.1) is 94.7 Å². The average molecular weight is 1280 g/mol. The Bertz CT molecular complexity index is 1590. The molecule has 0 spiro atoms. The van der Waals surface area contributed by atoms with E-state index in [0.717, 1.165) is 40.5 Å². The van der Waals surface area contributed by atoms with Crippen LogP contribution in [0.1, 0.15) is 300 Å². The maximum absolute atomic E-state index is 12.8. The highest BCUT2D eigenvalue weighted by Crippen LogP contribution is 2.18. The van der Waals surface area contributed by atoms with Gasteiger partial charge in [0.1, 0.15) is 5.83 Å². The van der Waals surface area contributed by atoms with Gasteiger partial charge in [-0.3, -0.25) is 0 Å². The molecule has 0 aliphatic rings. The summed E-state index contributed by atoms with van der Waals surface area (Å²) in [6.07, 6.45) is 45.7. The van der Waals surface area contributed by atoms with Crippen molar-refractivity contribution in [1.82, 2.24) is 0 Å². The smallest absolute Gasteiger partial charge is 0.102 e. The summed E-state index contributed by atoms with van der Waals surface area (Å²) in [5, 5.41) is 0.918. The molecule has 0 aromatic rings. The van der Waals surface area contributed by atoms with Gasteiger partial charge in [0.2, 0.25) is 0 Å². The predicted molar refractivity (Wildman–Crippen MR) is 406 cm³/mol. The van der Waals surface area contributed by atoms with E-state index in [1.807, 2.05) is 32.1 Å². The Kier molecular flexibility index (Phi) is 79.0. The molecule has 0 heterocycles. The van der Waals surface area contributed by atoms with Gasteiger partial charge in [-0.15, -0.1) is 0 Å². The van der Waals surface area contributed by atoms with E-state index in [-0.39, 0.29) is 11.7 Å². The summed E-state index contributed by atoms with van der Waals surface area (Å²) in [5.74, 6) is 10.5. The normalized spacial score (nSPS) is 13.2. The largest absolute Gasteiger partial charge is 0.212 e. The molecule has 0 saturated carbocycles. The van der Waals surface area contributed by atoms with E-state index in [9.17, 15) is 4.39 Å². The lowest BCUT2D eigenvalue weighted by Crippen LogP contribution is -1.91. The highest BCUT2D eigenvalue weighted by atomic mass is 79.9. The summed E-state index contributed by atoms with van der Waals surface area (Å²) >= 11 is 9.41. The minimum atomic E-state index is -0.0538. The second kappa shape index (κ2) is 67.8. The van der Waals surface area contributed by atoms with Crippen LogP contribution in [0.15, 0.2) is 129 Å². The number of unbranched alkanes of at least 4 members (excludes halogenated alkanes) is 1. The molecular formula is C82H155BrClF. The van der Waals surface area contributed by atoms with Crippen LogP contribution in [0.25, 0.3) is 0 Å². The lowest BCUT2D eigenvalue weighted by Gasteiger charge is -2.06. The summed E-state index contributed by atoms with van der Waals surface area (Å²) in [6, 6.07) is 0. The van der Waals surface area contributed by atoms with Crippen molar-refractivity contribution < 1.29 is 4.39 Å². The van der Waals surface area contributed by atoms with Crippen LogP contribution in [-0.2, 0) is 0 Å². The summed E-state index contributed by atoms with van der Waals surface area (Å²) in [7, 11) is 0.